The number of nitrogen functional groups attached to an aromatic ring is 1. The lowest BCUT2D eigenvalue weighted by atomic mass is 10.2. The number of hydrogen-bond acceptors (Lipinski definition) is 4. The molecule has 0 saturated carbocycles. The van der Waals surface area contributed by atoms with E-state index in [-0.39, 0.29) is 5.75 Å². The molecule has 0 fully saturated rings. The third-order valence-electron chi connectivity index (χ3n) is 2.58. The van der Waals surface area contributed by atoms with E-state index in [1.165, 1.54) is 6.26 Å². The van der Waals surface area contributed by atoms with Crippen molar-refractivity contribution in [2.75, 3.05) is 35.7 Å². The Kier molecular flexibility index (Phi) is 4.81. The first kappa shape index (κ1) is 13.8. The molecule has 1 aromatic rings. The van der Waals surface area contributed by atoms with Gasteiger partial charge in [-0.25, -0.2) is 8.42 Å². The minimum absolute atomic E-state index is 0.235. The first-order valence-corrected chi connectivity index (χ1v) is 7.76. The Hall–Kier alpha value is -1.23. The molecule has 2 N–H and O–H groups in total. The van der Waals surface area contributed by atoms with Gasteiger partial charge in [0.1, 0.15) is 9.84 Å². The van der Waals surface area contributed by atoms with Crippen LogP contribution in [-0.2, 0) is 9.84 Å². The second kappa shape index (κ2) is 5.91. The van der Waals surface area contributed by atoms with Crippen LogP contribution in [0.3, 0.4) is 0 Å². The topological polar surface area (TPSA) is 63.4 Å². The number of benzene rings is 1. The molecular weight excluding hydrogens is 236 g/mol. The van der Waals surface area contributed by atoms with Crippen LogP contribution in [0.25, 0.3) is 0 Å². The number of hydrogen-bond donors (Lipinski definition) is 1. The zero-order chi connectivity index (χ0) is 12.9. The summed E-state index contributed by atoms with van der Waals surface area (Å²) >= 11 is 0. The van der Waals surface area contributed by atoms with Crippen molar-refractivity contribution in [1.29, 1.82) is 0 Å². The molecule has 0 saturated heterocycles. The molecule has 0 amide bonds. The van der Waals surface area contributed by atoms with Gasteiger partial charge in [0.05, 0.1) is 5.75 Å². The number of anilines is 2. The van der Waals surface area contributed by atoms with Gasteiger partial charge in [0.15, 0.2) is 0 Å². The van der Waals surface area contributed by atoms with Gasteiger partial charge in [-0.3, -0.25) is 0 Å². The van der Waals surface area contributed by atoms with Gasteiger partial charge in [0, 0.05) is 30.7 Å². The van der Waals surface area contributed by atoms with Crippen LogP contribution < -0.4 is 10.6 Å². The fourth-order valence-corrected chi connectivity index (χ4v) is 2.33. The van der Waals surface area contributed by atoms with Crippen LogP contribution in [0.4, 0.5) is 11.4 Å². The molecule has 0 aliphatic heterocycles. The minimum atomic E-state index is -2.86. The normalized spacial score (nSPS) is 11.4. The van der Waals surface area contributed by atoms with E-state index >= 15 is 0 Å². The Labute approximate surface area is 103 Å². The lowest BCUT2D eigenvalue weighted by Crippen LogP contribution is -2.25. The highest BCUT2D eigenvalue weighted by Gasteiger charge is 2.06. The summed E-state index contributed by atoms with van der Waals surface area (Å²) in [5.41, 5.74) is 7.44. The molecule has 1 rings (SSSR count). The molecule has 0 spiro atoms. The van der Waals surface area contributed by atoms with Crippen molar-refractivity contribution in [2.24, 2.45) is 0 Å². The van der Waals surface area contributed by atoms with Crippen molar-refractivity contribution in [1.82, 2.24) is 0 Å². The Balaban J connectivity index is 2.57. The highest BCUT2D eigenvalue weighted by Crippen LogP contribution is 2.16. The lowest BCUT2D eigenvalue weighted by molar-refractivity contribution is 0.598. The van der Waals surface area contributed by atoms with E-state index < -0.39 is 9.84 Å². The van der Waals surface area contributed by atoms with Crippen molar-refractivity contribution < 1.29 is 8.42 Å². The Morgan fingerprint density at radius 2 is 1.82 bits per heavy atom. The Morgan fingerprint density at radius 1 is 1.24 bits per heavy atom. The van der Waals surface area contributed by atoms with E-state index in [1.807, 2.05) is 24.3 Å². The van der Waals surface area contributed by atoms with Crippen molar-refractivity contribution in [3.63, 3.8) is 0 Å². The van der Waals surface area contributed by atoms with E-state index in [4.69, 9.17) is 5.73 Å². The summed E-state index contributed by atoms with van der Waals surface area (Å²) in [6.07, 6.45) is 1.92. The first-order chi connectivity index (χ1) is 7.92. The van der Waals surface area contributed by atoms with E-state index in [2.05, 4.69) is 11.8 Å². The van der Waals surface area contributed by atoms with Crippen LogP contribution in [0.15, 0.2) is 24.3 Å². The Bertz CT molecular complexity index is 440. The van der Waals surface area contributed by atoms with Crippen molar-refractivity contribution >= 4 is 21.2 Å². The number of sulfone groups is 1. The zero-order valence-corrected chi connectivity index (χ0v) is 11.2. The average Bonchev–Trinajstić information content (AvgIpc) is 2.24. The third kappa shape index (κ3) is 5.08. The third-order valence-corrected chi connectivity index (χ3v) is 3.61. The van der Waals surface area contributed by atoms with Crippen LogP contribution in [0, 0.1) is 0 Å². The molecule has 0 atom stereocenters. The molecule has 4 nitrogen and oxygen atoms in total. The minimum Gasteiger partial charge on any atom is -0.399 e. The van der Waals surface area contributed by atoms with Gasteiger partial charge in [-0.05, 0) is 37.6 Å². The molecule has 5 heteroatoms. The predicted octanol–water partition coefficient (Wildman–Crippen LogP) is 1.53. The van der Waals surface area contributed by atoms with Gasteiger partial charge in [0.25, 0.3) is 0 Å². The van der Waals surface area contributed by atoms with Crippen LogP contribution in [-0.4, -0.2) is 33.5 Å². The standard InChI is InChI=1S/C12H20N2O2S/c1-3-14(9-4-10-17(2,15)16)12-7-5-11(13)6-8-12/h5-8H,3-4,9-10,13H2,1-2H3. The first-order valence-electron chi connectivity index (χ1n) is 5.70. The molecule has 17 heavy (non-hydrogen) atoms. The summed E-state index contributed by atoms with van der Waals surface area (Å²) < 4.78 is 22.1. The monoisotopic (exact) mass is 256 g/mol. The van der Waals surface area contributed by atoms with Gasteiger partial charge in [-0.1, -0.05) is 0 Å². The summed E-state index contributed by atoms with van der Waals surface area (Å²) in [5, 5.41) is 0. The van der Waals surface area contributed by atoms with Crippen LogP contribution in [0.1, 0.15) is 13.3 Å². The molecule has 1 aromatic carbocycles. The van der Waals surface area contributed by atoms with E-state index in [1.54, 1.807) is 0 Å². The number of nitrogens with two attached hydrogens (primary N) is 1. The smallest absolute Gasteiger partial charge is 0.147 e. The molecule has 96 valence electrons. The molecule has 0 aliphatic rings. The quantitative estimate of drug-likeness (QED) is 0.784. The fraction of sp³-hybridized carbons (Fsp3) is 0.500. The van der Waals surface area contributed by atoms with Gasteiger partial charge in [-0.15, -0.1) is 0 Å². The van der Waals surface area contributed by atoms with Gasteiger partial charge in [-0.2, -0.15) is 0 Å². The Morgan fingerprint density at radius 3 is 2.29 bits per heavy atom. The van der Waals surface area contributed by atoms with E-state index in [0.717, 1.165) is 24.5 Å². The molecule has 0 aliphatic carbocycles. The van der Waals surface area contributed by atoms with E-state index in [9.17, 15) is 8.42 Å². The van der Waals surface area contributed by atoms with Crippen LogP contribution >= 0.6 is 0 Å². The highest BCUT2D eigenvalue weighted by molar-refractivity contribution is 7.90. The van der Waals surface area contributed by atoms with Crippen LogP contribution in [0.5, 0.6) is 0 Å². The zero-order valence-electron chi connectivity index (χ0n) is 10.4. The van der Waals surface area contributed by atoms with Gasteiger partial charge in [0.2, 0.25) is 0 Å². The van der Waals surface area contributed by atoms with Gasteiger partial charge >= 0.3 is 0 Å². The van der Waals surface area contributed by atoms with Crippen molar-refractivity contribution in [3.8, 4) is 0 Å². The molecule has 0 bridgehead atoms. The summed E-state index contributed by atoms with van der Waals surface area (Å²) in [4.78, 5) is 2.14. The molecule has 0 unspecified atom stereocenters. The number of rotatable bonds is 6. The average molecular weight is 256 g/mol. The summed E-state index contributed by atoms with van der Waals surface area (Å²) in [6.45, 7) is 3.65. The maximum absolute atomic E-state index is 11.0. The van der Waals surface area contributed by atoms with Crippen LogP contribution in [0.2, 0.25) is 0 Å². The molecule has 0 heterocycles. The second-order valence-corrected chi connectivity index (χ2v) is 6.41. The predicted molar refractivity (Wildman–Crippen MR) is 73.1 cm³/mol. The SMILES string of the molecule is CCN(CCCS(C)(=O)=O)c1ccc(N)cc1. The molecule has 0 aromatic heterocycles. The van der Waals surface area contributed by atoms with Gasteiger partial charge < -0.3 is 10.6 Å². The summed E-state index contributed by atoms with van der Waals surface area (Å²) in [5.74, 6) is 0.235. The highest BCUT2D eigenvalue weighted by atomic mass is 32.2. The summed E-state index contributed by atoms with van der Waals surface area (Å²) in [6, 6.07) is 7.63. The molecular formula is C12H20N2O2S. The second-order valence-electron chi connectivity index (χ2n) is 4.15. The van der Waals surface area contributed by atoms with Crippen molar-refractivity contribution in [3.05, 3.63) is 24.3 Å². The maximum Gasteiger partial charge on any atom is 0.147 e. The fourth-order valence-electron chi connectivity index (χ4n) is 1.67. The number of nitrogens with zero attached hydrogens (tertiary/aromatic N) is 1. The van der Waals surface area contributed by atoms with E-state index in [0.29, 0.717) is 6.42 Å². The summed E-state index contributed by atoms with van der Waals surface area (Å²) in [7, 11) is -2.86. The maximum atomic E-state index is 11.0. The van der Waals surface area contributed by atoms with Crippen molar-refractivity contribution in [2.45, 2.75) is 13.3 Å². The largest absolute Gasteiger partial charge is 0.399 e. The molecule has 0 radical (unpaired) electrons. The lowest BCUT2D eigenvalue weighted by Gasteiger charge is -2.23.